The van der Waals surface area contributed by atoms with Crippen LogP contribution >= 0.6 is 0 Å². The molecular formula is C16H29N3O2. The highest BCUT2D eigenvalue weighted by Crippen LogP contribution is 2.58. The van der Waals surface area contributed by atoms with Crippen molar-refractivity contribution in [2.75, 3.05) is 6.61 Å². The van der Waals surface area contributed by atoms with Gasteiger partial charge in [-0.1, -0.05) is 20.3 Å². The predicted molar refractivity (Wildman–Crippen MR) is 81.3 cm³/mol. The number of fused-ring (bicyclic) bond motifs is 1. The Morgan fingerprint density at radius 2 is 1.86 bits per heavy atom. The molecule has 5 heteroatoms. The number of amides is 1. The van der Waals surface area contributed by atoms with E-state index in [0.29, 0.717) is 12.1 Å². The molecule has 1 saturated carbocycles. The van der Waals surface area contributed by atoms with Gasteiger partial charge in [0.25, 0.3) is 5.91 Å². The van der Waals surface area contributed by atoms with E-state index in [1.165, 1.54) is 6.42 Å². The number of carbonyl (C=O) groups is 1. The van der Waals surface area contributed by atoms with Gasteiger partial charge in [0.15, 0.2) is 0 Å². The van der Waals surface area contributed by atoms with Crippen LogP contribution in [0.3, 0.4) is 0 Å². The first-order valence-electron chi connectivity index (χ1n) is 8.30. The standard InChI is InChI=1S/C16H29N3O2/c1-10-6-5-7-11(2)19(10)18-14(20)16(17)12-8-9-21-13(12)15(16,3)4/h10-13H,5-9,17H2,1-4H3,(H,18,20). The lowest BCUT2D eigenvalue weighted by Crippen LogP contribution is -2.81. The third-order valence-electron chi connectivity index (χ3n) is 6.25. The third-order valence-corrected chi connectivity index (χ3v) is 6.25. The van der Waals surface area contributed by atoms with Crippen LogP contribution < -0.4 is 11.2 Å². The Bertz CT molecular complexity index is 429. The van der Waals surface area contributed by atoms with Gasteiger partial charge in [-0.05, 0) is 33.1 Å². The molecule has 0 aromatic rings. The maximum Gasteiger partial charge on any atom is 0.255 e. The second-order valence-electron chi connectivity index (χ2n) is 7.75. The summed E-state index contributed by atoms with van der Waals surface area (Å²) in [6, 6.07) is 0.750. The van der Waals surface area contributed by atoms with Gasteiger partial charge in [-0.15, -0.1) is 0 Å². The number of hydrazine groups is 1. The van der Waals surface area contributed by atoms with E-state index in [1.54, 1.807) is 0 Å². The summed E-state index contributed by atoms with van der Waals surface area (Å²) in [5.74, 6) is 0.128. The van der Waals surface area contributed by atoms with Crippen molar-refractivity contribution in [3.05, 3.63) is 0 Å². The topological polar surface area (TPSA) is 67.6 Å². The van der Waals surface area contributed by atoms with Gasteiger partial charge in [0.2, 0.25) is 0 Å². The molecule has 3 fully saturated rings. The molecule has 1 aliphatic carbocycles. The normalized spacial score (nSPS) is 45.8. The lowest BCUT2D eigenvalue weighted by molar-refractivity contribution is -0.181. The molecule has 5 nitrogen and oxygen atoms in total. The Morgan fingerprint density at radius 3 is 2.48 bits per heavy atom. The van der Waals surface area contributed by atoms with Crippen LogP contribution in [0.1, 0.15) is 53.4 Å². The number of nitrogens with two attached hydrogens (primary N) is 1. The van der Waals surface area contributed by atoms with Gasteiger partial charge in [-0.25, -0.2) is 5.01 Å². The monoisotopic (exact) mass is 295 g/mol. The number of nitrogens with zero attached hydrogens (tertiary/aromatic N) is 1. The van der Waals surface area contributed by atoms with E-state index in [-0.39, 0.29) is 23.3 Å². The summed E-state index contributed by atoms with van der Waals surface area (Å²) < 4.78 is 5.77. The van der Waals surface area contributed by atoms with E-state index >= 15 is 0 Å². The largest absolute Gasteiger partial charge is 0.377 e. The summed E-state index contributed by atoms with van der Waals surface area (Å²) in [6.07, 6.45) is 4.50. The molecule has 2 aliphatic heterocycles. The molecule has 3 N–H and O–H groups in total. The van der Waals surface area contributed by atoms with E-state index in [0.717, 1.165) is 25.9 Å². The number of hydrogen-bond acceptors (Lipinski definition) is 4. The average Bonchev–Trinajstić information content (AvgIpc) is 2.90. The van der Waals surface area contributed by atoms with Crippen molar-refractivity contribution in [2.24, 2.45) is 17.1 Å². The lowest BCUT2D eigenvalue weighted by atomic mass is 9.48. The van der Waals surface area contributed by atoms with Crippen LogP contribution in [0, 0.1) is 11.3 Å². The number of ether oxygens (including phenoxy) is 1. The zero-order valence-electron chi connectivity index (χ0n) is 13.7. The van der Waals surface area contributed by atoms with E-state index < -0.39 is 5.54 Å². The molecule has 2 heterocycles. The van der Waals surface area contributed by atoms with Gasteiger partial charge in [0.05, 0.1) is 6.10 Å². The predicted octanol–water partition coefficient (Wildman–Crippen LogP) is 1.42. The quantitative estimate of drug-likeness (QED) is 0.808. The number of hydrogen-bond donors (Lipinski definition) is 2. The van der Waals surface area contributed by atoms with Crippen molar-refractivity contribution in [2.45, 2.75) is 77.1 Å². The summed E-state index contributed by atoms with van der Waals surface area (Å²) >= 11 is 0. The van der Waals surface area contributed by atoms with Gasteiger partial charge in [-0.2, -0.15) is 0 Å². The number of piperidine rings is 1. The summed E-state index contributed by atoms with van der Waals surface area (Å²) in [7, 11) is 0. The molecule has 0 aromatic carbocycles. The Labute approximate surface area is 127 Å². The van der Waals surface area contributed by atoms with Gasteiger partial charge < -0.3 is 10.5 Å². The van der Waals surface area contributed by atoms with Crippen LogP contribution in [0.4, 0.5) is 0 Å². The van der Waals surface area contributed by atoms with E-state index in [1.807, 2.05) is 0 Å². The van der Waals surface area contributed by atoms with Crippen LogP contribution in [0.25, 0.3) is 0 Å². The minimum absolute atomic E-state index is 0.0279. The second-order valence-corrected chi connectivity index (χ2v) is 7.75. The summed E-state index contributed by atoms with van der Waals surface area (Å²) in [5, 5.41) is 2.11. The first-order chi connectivity index (χ1) is 9.80. The fraction of sp³-hybridized carbons (Fsp3) is 0.938. The first kappa shape index (κ1) is 15.3. The molecule has 1 amide bonds. The molecule has 5 atom stereocenters. The smallest absolute Gasteiger partial charge is 0.255 e. The highest BCUT2D eigenvalue weighted by atomic mass is 16.5. The zero-order chi connectivity index (χ0) is 15.4. The molecule has 0 aromatic heterocycles. The summed E-state index contributed by atoms with van der Waals surface area (Å²) in [6.45, 7) is 9.19. The SMILES string of the molecule is CC1CCCC(C)N1NC(=O)C1(N)C2CCOC2C1(C)C. The molecule has 21 heavy (non-hydrogen) atoms. The molecule has 2 saturated heterocycles. The molecule has 120 valence electrons. The Hall–Kier alpha value is -0.650. The molecule has 3 aliphatic rings. The van der Waals surface area contributed by atoms with Crippen molar-refractivity contribution in [1.29, 1.82) is 0 Å². The van der Waals surface area contributed by atoms with Crippen LogP contribution in [0.5, 0.6) is 0 Å². The third kappa shape index (κ3) is 1.97. The Morgan fingerprint density at radius 1 is 1.24 bits per heavy atom. The van der Waals surface area contributed by atoms with Crippen molar-refractivity contribution in [3.8, 4) is 0 Å². The molecule has 5 unspecified atom stereocenters. The number of nitrogens with one attached hydrogen (secondary N) is 1. The zero-order valence-corrected chi connectivity index (χ0v) is 13.7. The van der Waals surface area contributed by atoms with Crippen LogP contribution in [0.2, 0.25) is 0 Å². The first-order valence-corrected chi connectivity index (χ1v) is 8.30. The number of rotatable bonds is 2. The molecular weight excluding hydrogens is 266 g/mol. The Balaban J connectivity index is 1.75. The van der Waals surface area contributed by atoms with Crippen LogP contribution in [-0.2, 0) is 9.53 Å². The van der Waals surface area contributed by atoms with Gasteiger partial charge in [0, 0.05) is 30.0 Å². The molecule has 0 spiro atoms. The van der Waals surface area contributed by atoms with E-state index in [9.17, 15) is 4.79 Å². The van der Waals surface area contributed by atoms with Crippen molar-refractivity contribution >= 4 is 5.91 Å². The minimum atomic E-state index is -0.814. The van der Waals surface area contributed by atoms with E-state index in [4.69, 9.17) is 10.5 Å². The van der Waals surface area contributed by atoms with Gasteiger partial charge in [0.1, 0.15) is 5.54 Å². The highest BCUT2D eigenvalue weighted by Gasteiger charge is 2.71. The summed E-state index contributed by atoms with van der Waals surface area (Å²) in [5.41, 5.74) is 8.62. The van der Waals surface area contributed by atoms with Gasteiger partial charge in [-0.3, -0.25) is 10.2 Å². The molecule has 3 rings (SSSR count). The van der Waals surface area contributed by atoms with Crippen LogP contribution in [0.15, 0.2) is 0 Å². The minimum Gasteiger partial charge on any atom is -0.377 e. The second kappa shape index (κ2) is 4.93. The maximum absolute atomic E-state index is 12.9. The number of carbonyl (C=O) groups excluding carboxylic acids is 1. The highest BCUT2D eigenvalue weighted by molar-refractivity contribution is 5.89. The van der Waals surface area contributed by atoms with Gasteiger partial charge >= 0.3 is 0 Å². The lowest BCUT2D eigenvalue weighted by Gasteiger charge is -2.61. The average molecular weight is 295 g/mol. The summed E-state index contributed by atoms with van der Waals surface area (Å²) in [4.78, 5) is 12.9. The van der Waals surface area contributed by atoms with Crippen molar-refractivity contribution in [3.63, 3.8) is 0 Å². The van der Waals surface area contributed by atoms with Crippen molar-refractivity contribution in [1.82, 2.24) is 10.4 Å². The fourth-order valence-corrected chi connectivity index (χ4v) is 4.70. The van der Waals surface area contributed by atoms with Crippen LogP contribution in [-0.4, -0.2) is 41.2 Å². The molecule has 0 radical (unpaired) electrons. The Kier molecular flexibility index (Phi) is 3.58. The molecule has 0 bridgehead atoms. The van der Waals surface area contributed by atoms with Crippen molar-refractivity contribution < 1.29 is 9.53 Å². The fourth-order valence-electron chi connectivity index (χ4n) is 4.70. The maximum atomic E-state index is 12.9. The van der Waals surface area contributed by atoms with E-state index in [2.05, 4.69) is 38.1 Å².